The van der Waals surface area contributed by atoms with E-state index in [0.29, 0.717) is 25.7 Å². The summed E-state index contributed by atoms with van der Waals surface area (Å²) in [4.78, 5) is 16.9. The van der Waals surface area contributed by atoms with Crippen LogP contribution in [0.15, 0.2) is 33.9 Å². The minimum atomic E-state index is -0.344. The Morgan fingerprint density at radius 2 is 2.00 bits per heavy atom. The SMILES string of the molecule is Br.COC(=O)c1cc(-c2csc(Nc3c(Cl)cccc3Cl)n2)c(SC)s1. The lowest BCUT2D eigenvalue weighted by Crippen LogP contribution is -1.96. The summed E-state index contributed by atoms with van der Waals surface area (Å²) < 4.78 is 5.81. The number of halogens is 3. The van der Waals surface area contributed by atoms with E-state index in [1.807, 2.05) is 17.7 Å². The normalized spacial score (nSPS) is 10.3. The molecule has 2 aromatic heterocycles. The molecular formula is C16H13BrCl2N2O2S3. The third-order valence-electron chi connectivity index (χ3n) is 3.24. The third-order valence-corrected chi connectivity index (χ3v) is 6.88. The number of hydrogen-bond acceptors (Lipinski definition) is 7. The molecule has 1 N–H and O–H groups in total. The summed E-state index contributed by atoms with van der Waals surface area (Å²) in [7, 11) is 1.37. The molecule has 0 bridgehead atoms. The number of benzene rings is 1. The first kappa shape index (κ1) is 21.5. The predicted molar refractivity (Wildman–Crippen MR) is 119 cm³/mol. The molecule has 0 saturated carbocycles. The lowest BCUT2D eigenvalue weighted by molar-refractivity contribution is 0.0606. The van der Waals surface area contributed by atoms with Crippen molar-refractivity contribution in [2.24, 2.45) is 0 Å². The number of anilines is 2. The molecule has 0 atom stereocenters. The summed E-state index contributed by atoms with van der Waals surface area (Å²) in [5.41, 5.74) is 2.32. The Morgan fingerprint density at radius 3 is 2.62 bits per heavy atom. The Labute approximate surface area is 183 Å². The van der Waals surface area contributed by atoms with Crippen LogP contribution in [0.4, 0.5) is 10.8 Å². The molecule has 0 fully saturated rings. The number of aromatic nitrogens is 1. The number of hydrogen-bond donors (Lipinski definition) is 1. The van der Waals surface area contributed by atoms with Crippen molar-refractivity contribution in [2.45, 2.75) is 4.21 Å². The van der Waals surface area contributed by atoms with E-state index in [4.69, 9.17) is 27.9 Å². The molecule has 3 aromatic rings. The molecule has 0 aliphatic rings. The second-order valence-corrected chi connectivity index (χ2v) is 8.57. The summed E-state index contributed by atoms with van der Waals surface area (Å²) in [5.74, 6) is -0.344. The van der Waals surface area contributed by atoms with Crippen molar-refractivity contribution in [1.29, 1.82) is 0 Å². The Hall–Kier alpha value is -0.770. The van der Waals surface area contributed by atoms with Crippen LogP contribution in [0.5, 0.6) is 0 Å². The molecule has 0 unspecified atom stereocenters. The van der Waals surface area contributed by atoms with Crippen LogP contribution < -0.4 is 5.32 Å². The van der Waals surface area contributed by atoms with Crippen molar-refractivity contribution in [2.75, 3.05) is 18.7 Å². The molecule has 2 heterocycles. The number of nitrogens with one attached hydrogen (secondary N) is 1. The summed E-state index contributed by atoms with van der Waals surface area (Å²) in [5, 5.41) is 6.80. The third kappa shape index (κ3) is 4.55. The van der Waals surface area contributed by atoms with Gasteiger partial charge in [-0.15, -0.1) is 51.4 Å². The van der Waals surface area contributed by atoms with Crippen molar-refractivity contribution < 1.29 is 9.53 Å². The molecule has 26 heavy (non-hydrogen) atoms. The average molecular weight is 512 g/mol. The van der Waals surface area contributed by atoms with E-state index in [0.717, 1.165) is 15.5 Å². The van der Waals surface area contributed by atoms with Crippen molar-refractivity contribution in [3.8, 4) is 11.3 Å². The van der Waals surface area contributed by atoms with E-state index >= 15 is 0 Å². The average Bonchev–Trinajstić information content (AvgIpc) is 3.24. The zero-order chi connectivity index (χ0) is 18.0. The van der Waals surface area contributed by atoms with Gasteiger partial charge in [-0.25, -0.2) is 9.78 Å². The van der Waals surface area contributed by atoms with Gasteiger partial charge in [0, 0.05) is 10.9 Å². The van der Waals surface area contributed by atoms with Crippen molar-refractivity contribution >= 4 is 91.4 Å². The molecule has 0 radical (unpaired) electrons. The highest BCUT2D eigenvalue weighted by Crippen LogP contribution is 2.40. The maximum absolute atomic E-state index is 11.8. The van der Waals surface area contributed by atoms with Gasteiger partial charge >= 0.3 is 5.97 Å². The monoisotopic (exact) mass is 510 g/mol. The number of ether oxygens (including phenoxy) is 1. The largest absolute Gasteiger partial charge is 0.465 e. The summed E-state index contributed by atoms with van der Waals surface area (Å²) in [6.45, 7) is 0. The van der Waals surface area contributed by atoms with Crippen LogP contribution in [0.25, 0.3) is 11.3 Å². The number of thiophene rings is 1. The molecule has 0 amide bonds. The van der Waals surface area contributed by atoms with Crippen molar-refractivity contribution in [1.82, 2.24) is 4.98 Å². The van der Waals surface area contributed by atoms with Crippen LogP contribution in [0.2, 0.25) is 10.0 Å². The fourth-order valence-electron chi connectivity index (χ4n) is 2.08. The number of methoxy groups -OCH3 is 1. The second kappa shape index (κ2) is 9.43. The molecule has 0 aliphatic carbocycles. The van der Waals surface area contributed by atoms with Gasteiger partial charge in [0.1, 0.15) is 4.88 Å². The molecular weight excluding hydrogens is 499 g/mol. The fraction of sp³-hybridized carbons (Fsp3) is 0.125. The van der Waals surface area contributed by atoms with E-state index in [1.54, 1.807) is 30.0 Å². The fourth-order valence-corrected chi connectivity index (χ4v) is 5.09. The van der Waals surface area contributed by atoms with Gasteiger partial charge in [0.2, 0.25) is 0 Å². The maximum atomic E-state index is 11.8. The van der Waals surface area contributed by atoms with Crippen LogP contribution in [0.3, 0.4) is 0 Å². The minimum absolute atomic E-state index is 0. The summed E-state index contributed by atoms with van der Waals surface area (Å²) in [6, 6.07) is 7.12. The summed E-state index contributed by atoms with van der Waals surface area (Å²) in [6.07, 6.45) is 1.96. The number of para-hydroxylation sites is 1. The molecule has 0 aliphatic heterocycles. The maximum Gasteiger partial charge on any atom is 0.348 e. The quantitative estimate of drug-likeness (QED) is 0.295. The molecule has 138 valence electrons. The van der Waals surface area contributed by atoms with Crippen LogP contribution in [-0.4, -0.2) is 24.3 Å². The standard InChI is InChI=1S/C16H12Cl2N2O2S3.BrH/c1-22-14(21)12-6-8(15(23-2)25-12)11-7-24-16(19-11)20-13-9(17)4-3-5-10(13)18;/h3-7H,1-2H3,(H,19,20);1H. The van der Waals surface area contributed by atoms with E-state index in [9.17, 15) is 4.79 Å². The number of thiazole rings is 1. The topological polar surface area (TPSA) is 51.2 Å². The van der Waals surface area contributed by atoms with E-state index < -0.39 is 0 Å². The number of carbonyl (C=O) groups excluding carboxylic acids is 1. The first-order valence-electron chi connectivity index (χ1n) is 6.96. The van der Waals surface area contributed by atoms with Gasteiger partial charge in [0.15, 0.2) is 5.13 Å². The van der Waals surface area contributed by atoms with Crippen molar-refractivity contribution in [3.63, 3.8) is 0 Å². The molecule has 3 rings (SSSR count). The number of nitrogens with zero attached hydrogens (tertiary/aromatic N) is 1. The van der Waals surface area contributed by atoms with Gasteiger partial charge in [-0.05, 0) is 24.5 Å². The van der Waals surface area contributed by atoms with Crippen LogP contribution >= 0.6 is 74.6 Å². The zero-order valence-electron chi connectivity index (χ0n) is 13.5. The van der Waals surface area contributed by atoms with E-state index in [2.05, 4.69) is 10.3 Å². The lowest BCUT2D eigenvalue weighted by Gasteiger charge is -2.06. The minimum Gasteiger partial charge on any atom is -0.465 e. The van der Waals surface area contributed by atoms with Gasteiger partial charge in [-0.1, -0.05) is 29.3 Å². The Kier molecular flexibility index (Phi) is 7.81. The van der Waals surface area contributed by atoms with E-state index in [-0.39, 0.29) is 23.0 Å². The van der Waals surface area contributed by atoms with Gasteiger partial charge < -0.3 is 10.1 Å². The summed E-state index contributed by atoms with van der Waals surface area (Å²) >= 11 is 16.8. The Balaban J connectivity index is 0.00000243. The smallest absolute Gasteiger partial charge is 0.348 e. The Bertz CT molecular complexity index is 910. The molecule has 0 saturated heterocycles. The van der Waals surface area contributed by atoms with Crippen LogP contribution in [0.1, 0.15) is 9.67 Å². The van der Waals surface area contributed by atoms with E-state index in [1.165, 1.54) is 29.8 Å². The number of rotatable bonds is 5. The second-order valence-electron chi connectivity index (χ2n) is 4.77. The molecule has 10 heteroatoms. The van der Waals surface area contributed by atoms with Gasteiger partial charge in [-0.2, -0.15) is 0 Å². The number of carbonyl (C=O) groups is 1. The number of esters is 1. The highest BCUT2D eigenvalue weighted by molar-refractivity contribution is 8.93. The first-order chi connectivity index (χ1) is 12.0. The van der Waals surface area contributed by atoms with Crippen LogP contribution in [-0.2, 0) is 4.74 Å². The predicted octanol–water partition coefficient (Wildman–Crippen LogP) is 7.01. The van der Waals surface area contributed by atoms with Gasteiger partial charge in [0.05, 0.1) is 32.7 Å². The Morgan fingerprint density at radius 1 is 1.31 bits per heavy atom. The molecule has 1 aromatic carbocycles. The van der Waals surface area contributed by atoms with Crippen molar-refractivity contribution in [3.05, 3.63) is 44.6 Å². The highest BCUT2D eigenvalue weighted by atomic mass is 79.9. The van der Waals surface area contributed by atoms with Gasteiger partial charge in [-0.3, -0.25) is 0 Å². The lowest BCUT2D eigenvalue weighted by atomic mass is 10.2. The number of thioether (sulfide) groups is 1. The molecule has 4 nitrogen and oxygen atoms in total. The highest BCUT2D eigenvalue weighted by Gasteiger charge is 2.18. The first-order valence-corrected chi connectivity index (χ1v) is 10.6. The van der Waals surface area contributed by atoms with Crippen LogP contribution in [0, 0.1) is 0 Å². The zero-order valence-corrected chi connectivity index (χ0v) is 19.2. The van der Waals surface area contributed by atoms with Gasteiger partial charge in [0.25, 0.3) is 0 Å². The molecule has 0 spiro atoms.